The minimum absolute atomic E-state index is 0.441. The summed E-state index contributed by atoms with van der Waals surface area (Å²) in [6.45, 7) is 0. The van der Waals surface area contributed by atoms with Gasteiger partial charge in [-0.2, -0.15) is 15.8 Å². The molecule has 0 saturated carbocycles. The molecule has 0 spiro atoms. The van der Waals surface area contributed by atoms with Gasteiger partial charge in [0.2, 0.25) is 0 Å². The Morgan fingerprint density at radius 2 is 0.581 bits per heavy atom. The Morgan fingerprint density at radius 3 is 0.959 bits per heavy atom. The van der Waals surface area contributed by atoms with E-state index in [1.165, 1.54) is 0 Å². The van der Waals surface area contributed by atoms with Gasteiger partial charge in [0.15, 0.2) is 17.5 Å². The van der Waals surface area contributed by atoms with Crippen molar-refractivity contribution in [2.45, 2.75) is 0 Å². The highest BCUT2D eigenvalue weighted by Crippen LogP contribution is 2.41. The minimum atomic E-state index is 0.441. The molecule has 0 aliphatic heterocycles. The van der Waals surface area contributed by atoms with Crippen molar-refractivity contribution in [3.05, 3.63) is 247 Å². The van der Waals surface area contributed by atoms with Crippen LogP contribution in [0.1, 0.15) is 16.7 Å². The molecule has 0 atom stereocenters. The van der Waals surface area contributed by atoms with Crippen molar-refractivity contribution in [1.82, 2.24) is 24.1 Å². The molecule has 0 amide bonds. The van der Waals surface area contributed by atoms with Gasteiger partial charge in [0, 0.05) is 38.2 Å². The Kier molecular flexibility index (Phi) is 10.5. The second-order valence-corrected chi connectivity index (χ2v) is 18.2. The molecule has 0 aliphatic carbocycles. The van der Waals surface area contributed by atoms with E-state index in [-0.39, 0.29) is 0 Å². The maximum absolute atomic E-state index is 10.0. The van der Waals surface area contributed by atoms with Gasteiger partial charge in [0.25, 0.3) is 0 Å². The molecule has 0 aliphatic rings. The quantitative estimate of drug-likeness (QED) is 0.150. The van der Waals surface area contributed by atoms with Crippen LogP contribution in [0.5, 0.6) is 0 Å². The Morgan fingerprint density at radius 1 is 0.270 bits per heavy atom. The van der Waals surface area contributed by atoms with Crippen LogP contribution in [0, 0.1) is 34.0 Å². The van der Waals surface area contributed by atoms with Crippen LogP contribution >= 0.6 is 0 Å². The molecule has 0 N–H and O–H groups in total. The Bertz CT molecular complexity index is 4190. The molecule has 8 nitrogen and oxygen atoms in total. The topological polar surface area (TPSA) is 120 Å². The zero-order valence-electron chi connectivity index (χ0n) is 39.5. The molecule has 3 aromatic heterocycles. The molecule has 74 heavy (non-hydrogen) atoms. The van der Waals surface area contributed by atoms with Crippen LogP contribution in [0.4, 0.5) is 0 Å². The van der Waals surface area contributed by atoms with E-state index in [0.717, 1.165) is 105 Å². The molecular formula is C66H38N8. The third-order valence-corrected chi connectivity index (χ3v) is 13.9. The van der Waals surface area contributed by atoms with Gasteiger partial charge in [0.05, 0.1) is 68.3 Å². The number of benzene rings is 10. The van der Waals surface area contributed by atoms with E-state index < -0.39 is 0 Å². The van der Waals surface area contributed by atoms with Crippen LogP contribution in [0.15, 0.2) is 231 Å². The number of fused-ring (bicyclic) bond motifs is 6. The molecule has 13 aromatic rings. The first-order chi connectivity index (χ1) is 36.5. The SMILES string of the molecule is N#Cc1cccc(-c2ccc(-c3nc(-c4cc(-c5cccc(C#N)c5)ccc4-n4c5ccccc5c5ccccc54)nc(-c4cc(-c5cccc(C#N)c5)ccc4-n4c5ccccc5c5ccccc54)n3)cc2)c1. The highest BCUT2D eigenvalue weighted by atomic mass is 15.1. The van der Waals surface area contributed by atoms with Gasteiger partial charge in [0.1, 0.15) is 0 Å². The van der Waals surface area contributed by atoms with Crippen LogP contribution in [-0.2, 0) is 0 Å². The Hall–Kier alpha value is -10.7. The monoisotopic (exact) mass is 942 g/mol. The zero-order valence-corrected chi connectivity index (χ0v) is 39.5. The molecule has 13 rings (SSSR count). The van der Waals surface area contributed by atoms with Crippen LogP contribution in [-0.4, -0.2) is 24.1 Å². The summed E-state index contributed by atoms with van der Waals surface area (Å²) >= 11 is 0. The molecule has 0 unspecified atom stereocenters. The molecular weight excluding hydrogens is 905 g/mol. The van der Waals surface area contributed by atoms with E-state index in [1.54, 1.807) is 6.07 Å². The lowest BCUT2D eigenvalue weighted by molar-refractivity contribution is 1.06. The average Bonchev–Trinajstić information content (AvgIpc) is 3.99. The predicted molar refractivity (Wildman–Crippen MR) is 295 cm³/mol. The zero-order chi connectivity index (χ0) is 49.7. The van der Waals surface area contributed by atoms with E-state index in [0.29, 0.717) is 34.2 Å². The standard InChI is InChI=1S/C66H38N8/c67-39-42-12-9-15-47(34-42)45-26-28-46(29-27-45)64-70-65(56-37-50(48-16-10-13-43(35-48)40-68)30-32-62(56)73-58-22-5-1-18-52(58)53-19-2-6-23-59(53)73)72-66(71-64)57-38-51(49-17-11-14-44(36-49)41-69)31-33-63(57)74-60-24-7-3-20-54(60)55-21-4-8-25-61(55)74/h1-38H. The number of nitrogens with zero attached hydrogens (tertiary/aromatic N) is 8. The largest absolute Gasteiger partial charge is 0.309 e. The van der Waals surface area contributed by atoms with E-state index in [9.17, 15) is 15.8 Å². The van der Waals surface area contributed by atoms with Crippen molar-refractivity contribution >= 4 is 43.6 Å². The van der Waals surface area contributed by atoms with Crippen LogP contribution in [0.25, 0.3) is 123 Å². The fourth-order valence-electron chi connectivity index (χ4n) is 10.4. The summed E-state index contributed by atoms with van der Waals surface area (Å²) < 4.78 is 4.57. The Balaban J connectivity index is 1.13. The molecule has 0 radical (unpaired) electrons. The van der Waals surface area contributed by atoms with Crippen molar-refractivity contribution in [1.29, 1.82) is 15.8 Å². The van der Waals surface area contributed by atoms with Crippen molar-refractivity contribution in [2.75, 3.05) is 0 Å². The second-order valence-electron chi connectivity index (χ2n) is 18.2. The second kappa shape index (κ2) is 17.9. The van der Waals surface area contributed by atoms with Gasteiger partial charge >= 0.3 is 0 Å². The van der Waals surface area contributed by atoms with Gasteiger partial charge < -0.3 is 9.13 Å². The lowest BCUT2D eigenvalue weighted by Crippen LogP contribution is -2.06. The number of rotatable bonds is 8. The van der Waals surface area contributed by atoms with Gasteiger partial charge in [-0.15, -0.1) is 0 Å². The van der Waals surface area contributed by atoms with Crippen molar-refractivity contribution in [3.8, 4) is 97.1 Å². The van der Waals surface area contributed by atoms with Crippen LogP contribution in [0.2, 0.25) is 0 Å². The molecule has 0 saturated heterocycles. The fraction of sp³-hybridized carbons (Fsp3) is 0. The predicted octanol–water partition coefficient (Wildman–Crippen LogP) is 15.7. The lowest BCUT2D eigenvalue weighted by Gasteiger charge is -2.18. The first kappa shape index (κ1) is 43.3. The van der Waals surface area contributed by atoms with Crippen molar-refractivity contribution in [3.63, 3.8) is 0 Å². The van der Waals surface area contributed by atoms with Crippen LogP contribution in [0.3, 0.4) is 0 Å². The smallest absolute Gasteiger partial charge is 0.166 e. The molecule has 3 heterocycles. The molecule has 0 fully saturated rings. The number of hydrogen-bond acceptors (Lipinski definition) is 6. The average molecular weight is 943 g/mol. The molecule has 8 heteroatoms. The highest BCUT2D eigenvalue weighted by molar-refractivity contribution is 6.11. The maximum atomic E-state index is 10.0. The van der Waals surface area contributed by atoms with Gasteiger partial charge in [-0.05, 0) is 118 Å². The van der Waals surface area contributed by atoms with Gasteiger partial charge in [-0.3, -0.25) is 0 Å². The minimum Gasteiger partial charge on any atom is -0.309 e. The Labute approximate surface area is 425 Å². The lowest BCUT2D eigenvalue weighted by atomic mass is 9.98. The summed E-state index contributed by atoms with van der Waals surface area (Å²) in [7, 11) is 0. The van der Waals surface area contributed by atoms with Crippen LogP contribution < -0.4 is 0 Å². The normalized spacial score (nSPS) is 11.2. The molecule has 10 aromatic carbocycles. The first-order valence-electron chi connectivity index (χ1n) is 24.2. The number of aromatic nitrogens is 5. The summed E-state index contributed by atoms with van der Waals surface area (Å²) in [6.07, 6.45) is 0. The highest BCUT2D eigenvalue weighted by Gasteiger charge is 2.24. The van der Waals surface area contributed by atoms with Gasteiger partial charge in [-0.25, -0.2) is 15.0 Å². The summed E-state index contributed by atoms with van der Waals surface area (Å²) in [4.78, 5) is 16.5. The van der Waals surface area contributed by atoms with Crippen molar-refractivity contribution in [2.24, 2.45) is 0 Å². The number of nitriles is 3. The summed E-state index contributed by atoms with van der Waals surface area (Å²) in [5.41, 5.74) is 15.2. The maximum Gasteiger partial charge on any atom is 0.166 e. The summed E-state index contributed by atoms with van der Waals surface area (Å²) in [6, 6.07) is 84.3. The first-order valence-corrected chi connectivity index (χ1v) is 24.2. The van der Waals surface area contributed by atoms with E-state index >= 15 is 0 Å². The number of para-hydroxylation sites is 4. The molecule has 342 valence electrons. The van der Waals surface area contributed by atoms with Crippen molar-refractivity contribution < 1.29 is 0 Å². The summed E-state index contributed by atoms with van der Waals surface area (Å²) in [5, 5.41) is 34.2. The van der Waals surface area contributed by atoms with Gasteiger partial charge in [-0.1, -0.05) is 146 Å². The third-order valence-electron chi connectivity index (χ3n) is 13.9. The number of hydrogen-bond donors (Lipinski definition) is 0. The molecule has 0 bridgehead atoms. The van der Waals surface area contributed by atoms with E-state index in [4.69, 9.17) is 15.0 Å². The van der Waals surface area contributed by atoms with E-state index in [1.807, 2.05) is 91.0 Å². The summed E-state index contributed by atoms with van der Waals surface area (Å²) in [5.74, 6) is 1.34. The van der Waals surface area contributed by atoms with E-state index in [2.05, 4.69) is 161 Å². The fourth-order valence-corrected chi connectivity index (χ4v) is 10.4. The third kappa shape index (κ3) is 7.42.